The SMILES string of the molecule is CC1(CN)CCN(S(=O)(=O)c2ccc(C3CCCCC3)cc2)C1. The molecule has 0 spiro atoms. The smallest absolute Gasteiger partial charge is 0.243 e. The Bertz CT molecular complexity index is 635. The molecule has 1 aromatic carbocycles. The normalized spacial score (nSPS) is 27.4. The van der Waals surface area contributed by atoms with Crippen molar-refractivity contribution < 1.29 is 8.42 Å². The number of benzene rings is 1. The van der Waals surface area contributed by atoms with Crippen molar-refractivity contribution in [2.24, 2.45) is 11.1 Å². The van der Waals surface area contributed by atoms with Gasteiger partial charge in [0.1, 0.15) is 0 Å². The highest BCUT2D eigenvalue weighted by Gasteiger charge is 2.38. The summed E-state index contributed by atoms with van der Waals surface area (Å²) in [7, 11) is -3.39. The van der Waals surface area contributed by atoms with Crippen LogP contribution in [0.15, 0.2) is 29.2 Å². The average Bonchev–Trinajstić information content (AvgIpc) is 3.00. The highest BCUT2D eigenvalue weighted by atomic mass is 32.2. The average molecular weight is 337 g/mol. The van der Waals surface area contributed by atoms with E-state index in [1.54, 1.807) is 16.4 Å². The molecule has 128 valence electrons. The van der Waals surface area contributed by atoms with Gasteiger partial charge in [0, 0.05) is 13.1 Å². The second kappa shape index (κ2) is 6.54. The number of nitrogens with two attached hydrogens (primary N) is 1. The minimum atomic E-state index is -3.39. The molecule has 0 bridgehead atoms. The number of sulfonamides is 1. The van der Waals surface area contributed by atoms with Crippen LogP contribution >= 0.6 is 0 Å². The van der Waals surface area contributed by atoms with Crippen molar-refractivity contribution in [1.82, 2.24) is 4.31 Å². The first kappa shape index (κ1) is 16.9. The zero-order chi connectivity index (χ0) is 16.5. The van der Waals surface area contributed by atoms with E-state index < -0.39 is 10.0 Å². The summed E-state index contributed by atoms with van der Waals surface area (Å²) in [5, 5.41) is 0. The van der Waals surface area contributed by atoms with Gasteiger partial charge in [-0.1, -0.05) is 38.3 Å². The molecule has 2 N–H and O–H groups in total. The molecule has 3 rings (SSSR count). The predicted molar refractivity (Wildman–Crippen MR) is 92.8 cm³/mol. The summed E-state index contributed by atoms with van der Waals surface area (Å²) >= 11 is 0. The van der Waals surface area contributed by atoms with Gasteiger partial charge in [-0.3, -0.25) is 0 Å². The molecule has 23 heavy (non-hydrogen) atoms. The molecule has 0 aromatic heterocycles. The predicted octanol–water partition coefficient (Wildman–Crippen LogP) is 3.09. The maximum atomic E-state index is 12.8. The molecule has 1 saturated carbocycles. The first-order valence-electron chi connectivity index (χ1n) is 8.75. The van der Waals surface area contributed by atoms with E-state index in [4.69, 9.17) is 5.73 Å². The number of nitrogens with zero attached hydrogens (tertiary/aromatic N) is 1. The molecule has 0 radical (unpaired) electrons. The highest BCUT2D eigenvalue weighted by Crippen LogP contribution is 2.35. The molecule has 1 unspecified atom stereocenters. The molecule has 1 aromatic rings. The van der Waals surface area contributed by atoms with Crippen LogP contribution in [0.2, 0.25) is 0 Å². The van der Waals surface area contributed by atoms with Crippen molar-refractivity contribution in [3.8, 4) is 0 Å². The third-order valence-electron chi connectivity index (χ3n) is 5.61. The zero-order valence-corrected chi connectivity index (χ0v) is 14.8. The minimum absolute atomic E-state index is 0.0882. The van der Waals surface area contributed by atoms with Crippen LogP contribution in [0.3, 0.4) is 0 Å². The van der Waals surface area contributed by atoms with Gasteiger partial charge in [-0.2, -0.15) is 4.31 Å². The van der Waals surface area contributed by atoms with E-state index in [2.05, 4.69) is 6.92 Å². The van der Waals surface area contributed by atoms with E-state index >= 15 is 0 Å². The Balaban J connectivity index is 1.76. The summed E-state index contributed by atoms with van der Waals surface area (Å²) in [6.07, 6.45) is 7.20. The van der Waals surface area contributed by atoms with Crippen LogP contribution in [-0.2, 0) is 10.0 Å². The molecule has 1 atom stereocenters. The molecule has 1 aliphatic carbocycles. The quantitative estimate of drug-likeness (QED) is 0.919. The molecule has 2 aliphatic rings. The lowest BCUT2D eigenvalue weighted by molar-refractivity contribution is 0.349. The Morgan fingerprint density at radius 3 is 2.39 bits per heavy atom. The number of rotatable bonds is 4. The lowest BCUT2D eigenvalue weighted by Crippen LogP contribution is -2.34. The fraction of sp³-hybridized carbons (Fsp3) is 0.667. The number of hydrogen-bond acceptors (Lipinski definition) is 3. The monoisotopic (exact) mass is 336 g/mol. The summed E-state index contributed by atoms with van der Waals surface area (Å²) in [4.78, 5) is 0.415. The summed E-state index contributed by atoms with van der Waals surface area (Å²) in [6, 6.07) is 7.61. The molecule has 2 fully saturated rings. The van der Waals surface area contributed by atoms with Gasteiger partial charge in [-0.25, -0.2) is 8.42 Å². The summed E-state index contributed by atoms with van der Waals surface area (Å²) in [5.41, 5.74) is 6.99. The third-order valence-corrected chi connectivity index (χ3v) is 7.47. The summed E-state index contributed by atoms with van der Waals surface area (Å²) in [5.74, 6) is 0.604. The molecule has 4 nitrogen and oxygen atoms in total. The van der Waals surface area contributed by atoms with Gasteiger partial charge >= 0.3 is 0 Å². The van der Waals surface area contributed by atoms with Crippen LogP contribution in [0.4, 0.5) is 0 Å². The number of hydrogen-bond donors (Lipinski definition) is 1. The molecule has 1 saturated heterocycles. The van der Waals surface area contributed by atoms with Gasteiger partial charge in [-0.15, -0.1) is 0 Å². The Morgan fingerprint density at radius 1 is 1.17 bits per heavy atom. The van der Waals surface area contributed by atoms with Gasteiger partial charge in [0.2, 0.25) is 10.0 Å². The second-order valence-corrected chi connectivity index (χ2v) is 9.45. The summed E-state index contributed by atoms with van der Waals surface area (Å²) < 4.78 is 27.2. The molecule has 1 aliphatic heterocycles. The fourth-order valence-electron chi connectivity index (χ4n) is 3.85. The second-order valence-electron chi connectivity index (χ2n) is 7.51. The fourth-order valence-corrected chi connectivity index (χ4v) is 5.44. The van der Waals surface area contributed by atoms with Gasteiger partial charge in [0.15, 0.2) is 0 Å². The van der Waals surface area contributed by atoms with Gasteiger partial charge < -0.3 is 5.73 Å². The largest absolute Gasteiger partial charge is 0.330 e. The standard InChI is InChI=1S/C18H28N2O2S/c1-18(13-19)11-12-20(14-18)23(21,22)17-9-7-16(8-10-17)15-5-3-2-4-6-15/h7-10,15H,2-6,11-14,19H2,1H3. The lowest BCUT2D eigenvalue weighted by Gasteiger charge is -2.23. The van der Waals surface area contributed by atoms with Crippen molar-refractivity contribution in [3.05, 3.63) is 29.8 Å². The van der Waals surface area contributed by atoms with E-state index in [0.717, 1.165) is 6.42 Å². The van der Waals surface area contributed by atoms with Crippen molar-refractivity contribution in [2.45, 2.75) is 56.3 Å². The molecular weight excluding hydrogens is 308 g/mol. The first-order chi connectivity index (χ1) is 10.9. The lowest BCUT2D eigenvalue weighted by atomic mass is 9.84. The van der Waals surface area contributed by atoms with Crippen LogP contribution in [0.25, 0.3) is 0 Å². The van der Waals surface area contributed by atoms with Crippen molar-refractivity contribution in [2.75, 3.05) is 19.6 Å². The maximum Gasteiger partial charge on any atom is 0.243 e. The Hall–Kier alpha value is -0.910. The molecule has 1 heterocycles. The maximum absolute atomic E-state index is 12.8. The van der Waals surface area contributed by atoms with Crippen molar-refractivity contribution in [1.29, 1.82) is 0 Å². The van der Waals surface area contributed by atoms with Gasteiger partial charge in [0.25, 0.3) is 0 Å². The Labute approximate surface area is 140 Å². The van der Waals surface area contributed by atoms with Crippen LogP contribution in [0.5, 0.6) is 0 Å². The Morgan fingerprint density at radius 2 is 1.83 bits per heavy atom. The molecule has 0 amide bonds. The van der Waals surface area contributed by atoms with Crippen LogP contribution in [0, 0.1) is 5.41 Å². The van der Waals surface area contributed by atoms with Crippen molar-refractivity contribution >= 4 is 10.0 Å². The van der Waals surface area contributed by atoms with E-state index in [-0.39, 0.29) is 5.41 Å². The van der Waals surface area contributed by atoms with Crippen molar-refractivity contribution in [3.63, 3.8) is 0 Å². The van der Waals surface area contributed by atoms with Crippen LogP contribution in [-0.4, -0.2) is 32.4 Å². The van der Waals surface area contributed by atoms with Gasteiger partial charge in [0.05, 0.1) is 4.90 Å². The van der Waals surface area contributed by atoms with Crippen LogP contribution in [0.1, 0.15) is 56.9 Å². The van der Waals surface area contributed by atoms with Gasteiger partial charge in [-0.05, 0) is 54.8 Å². The minimum Gasteiger partial charge on any atom is -0.330 e. The molecular formula is C18H28N2O2S. The summed E-state index contributed by atoms with van der Waals surface area (Å²) in [6.45, 7) is 3.69. The van der Waals surface area contributed by atoms with E-state index in [9.17, 15) is 8.42 Å². The topological polar surface area (TPSA) is 63.4 Å². The van der Waals surface area contributed by atoms with E-state index in [1.165, 1.54) is 37.7 Å². The van der Waals surface area contributed by atoms with E-state index in [0.29, 0.717) is 30.4 Å². The van der Waals surface area contributed by atoms with Crippen LogP contribution < -0.4 is 5.73 Å². The third kappa shape index (κ3) is 3.47. The highest BCUT2D eigenvalue weighted by molar-refractivity contribution is 7.89. The zero-order valence-electron chi connectivity index (χ0n) is 14.0. The Kier molecular flexibility index (Phi) is 4.81. The molecule has 5 heteroatoms. The first-order valence-corrected chi connectivity index (χ1v) is 10.2. The van der Waals surface area contributed by atoms with E-state index in [1.807, 2.05) is 12.1 Å².